The number of fused-ring (bicyclic) bond motifs is 1. The van der Waals surface area contributed by atoms with Gasteiger partial charge in [-0.25, -0.2) is 9.97 Å². The number of Topliss-reactive ketones (excluding diaryl/α,β-unsaturated/α-hetero) is 1. The van der Waals surface area contributed by atoms with Gasteiger partial charge in [-0.2, -0.15) is 0 Å². The van der Waals surface area contributed by atoms with Crippen LogP contribution in [0, 0.1) is 0 Å². The standard InChI is InChI=1S/C25H17N3O3/c29-23-21-15-20(31-25-26-13-4-14-27-25)11-12-22(21)28(24(23)30)16-17-7-9-19(10-8-17)18-5-2-1-3-6-18/h1-15H,16H2. The summed E-state index contributed by atoms with van der Waals surface area (Å²) in [5.74, 6) is -0.689. The molecule has 1 aliphatic rings. The van der Waals surface area contributed by atoms with E-state index in [-0.39, 0.29) is 6.01 Å². The molecule has 0 spiro atoms. The third kappa shape index (κ3) is 3.67. The van der Waals surface area contributed by atoms with Gasteiger partial charge in [0, 0.05) is 12.4 Å². The predicted octanol–water partition coefficient (Wildman–Crippen LogP) is 4.67. The van der Waals surface area contributed by atoms with E-state index >= 15 is 0 Å². The van der Waals surface area contributed by atoms with Gasteiger partial charge in [0.15, 0.2) is 0 Å². The highest BCUT2D eigenvalue weighted by atomic mass is 16.5. The van der Waals surface area contributed by atoms with Crippen LogP contribution in [0.25, 0.3) is 11.1 Å². The van der Waals surface area contributed by atoms with Crippen molar-refractivity contribution in [3.63, 3.8) is 0 Å². The second-order valence-corrected chi connectivity index (χ2v) is 7.10. The van der Waals surface area contributed by atoms with Crippen molar-refractivity contribution in [2.24, 2.45) is 0 Å². The number of ether oxygens (including phenoxy) is 1. The molecule has 0 atom stereocenters. The Balaban J connectivity index is 1.38. The quantitative estimate of drug-likeness (QED) is 0.450. The molecule has 0 N–H and O–H groups in total. The van der Waals surface area contributed by atoms with Gasteiger partial charge in [-0.15, -0.1) is 0 Å². The number of rotatable bonds is 5. The van der Waals surface area contributed by atoms with Crippen molar-refractivity contribution in [2.45, 2.75) is 6.54 Å². The molecule has 4 aromatic rings. The average molecular weight is 407 g/mol. The fraction of sp³-hybridized carbons (Fsp3) is 0.0400. The van der Waals surface area contributed by atoms with Gasteiger partial charge in [0.05, 0.1) is 17.8 Å². The van der Waals surface area contributed by atoms with Gasteiger partial charge in [-0.1, -0.05) is 54.6 Å². The Morgan fingerprint density at radius 3 is 2.23 bits per heavy atom. The minimum atomic E-state index is -0.546. The van der Waals surface area contributed by atoms with E-state index in [4.69, 9.17) is 4.74 Å². The van der Waals surface area contributed by atoms with Crippen LogP contribution in [0.1, 0.15) is 15.9 Å². The van der Waals surface area contributed by atoms with E-state index < -0.39 is 11.7 Å². The van der Waals surface area contributed by atoms with E-state index in [0.29, 0.717) is 23.5 Å². The van der Waals surface area contributed by atoms with Gasteiger partial charge in [0.1, 0.15) is 5.75 Å². The number of anilines is 1. The summed E-state index contributed by atoms with van der Waals surface area (Å²) in [7, 11) is 0. The monoisotopic (exact) mass is 407 g/mol. The molecule has 5 rings (SSSR count). The number of hydrogen-bond acceptors (Lipinski definition) is 5. The summed E-state index contributed by atoms with van der Waals surface area (Å²) >= 11 is 0. The van der Waals surface area contributed by atoms with Crippen LogP contribution in [0.2, 0.25) is 0 Å². The molecule has 6 heteroatoms. The molecule has 31 heavy (non-hydrogen) atoms. The zero-order chi connectivity index (χ0) is 21.2. The van der Waals surface area contributed by atoms with Crippen LogP contribution in [-0.2, 0) is 11.3 Å². The predicted molar refractivity (Wildman–Crippen MR) is 116 cm³/mol. The van der Waals surface area contributed by atoms with Crippen LogP contribution < -0.4 is 9.64 Å². The fourth-order valence-corrected chi connectivity index (χ4v) is 3.56. The van der Waals surface area contributed by atoms with Gasteiger partial charge in [0.2, 0.25) is 0 Å². The molecule has 0 unspecified atom stereocenters. The van der Waals surface area contributed by atoms with Crippen molar-refractivity contribution in [3.8, 4) is 22.9 Å². The van der Waals surface area contributed by atoms with Crippen molar-refractivity contribution in [3.05, 3.63) is 102 Å². The summed E-state index contributed by atoms with van der Waals surface area (Å²) in [5, 5.41) is 0. The number of amides is 1. The molecule has 0 bridgehead atoms. The number of ketones is 1. The lowest BCUT2D eigenvalue weighted by molar-refractivity contribution is -0.114. The molecule has 0 fully saturated rings. The summed E-state index contributed by atoms with van der Waals surface area (Å²) in [6.45, 7) is 0.314. The lowest BCUT2D eigenvalue weighted by Gasteiger charge is -2.17. The second-order valence-electron chi connectivity index (χ2n) is 7.10. The normalized spacial score (nSPS) is 12.7. The van der Waals surface area contributed by atoms with Crippen LogP contribution in [0.15, 0.2) is 91.3 Å². The lowest BCUT2D eigenvalue weighted by atomic mass is 10.0. The highest BCUT2D eigenvalue weighted by molar-refractivity contribution is 6.52. The fourth-order valence-electron chi connectivity index (χ4n) is 3.56. The third-order valence-electron chi connectivity index (χ3n) is 5.10. The number of carbonyl (C=O) groups is 2. The Bertz CT molecular complexity index is 1260. The first-order chi connectivity index (χ1) is 15.2. The van der Waals surface area contributed by atoms with Crippen LogP contribution in [0.3, 0.4) is 0 Å². The van der Waals surface area contributed by atoms with Crippen LogP contribution in [0.4, 0.5) is 5.69 Å². The Kier molecular flexibility index (Phi) is 4.72. The molecule has 0 saturated heterocycles. The number of nitrogens with zero attached hydrogens (tertiary/aromatic N) is 3. The summed E-state index contributed by atoms with van der Waals surface area (Å²) in [5.41, 5.74) is 4.05. The Morgan fingerprint density at radius 1 is 0.774 bits per heavy atom. The van der Waals surface area contributed by atoms with Crippen LogP contribution in [0.5, 0.6) is 11.8 Å². The van der Waals surface area contributed by atoms with E-state index in [1.165, 1.54) is 4.90 Å². The molecule has 150 valence electrons. The van der Waals surface area contributed by atoms with Crippen molar-refractivity contribution in [1.82, 2.24) is 9.97 Å². The number of hydrogen-bond donors (Lipinski definition) is 0. The largest absolute Gasteiger partial charge is 0.424 e. The van der Waals surface area contributed by atoms with E-state index in [0.717, 1.165) is 16.7 Å². The second kappa shape index (κ2) is 7.84. The van der Waals surface area contributed by atoms with Crippen LogP contribution in [-0.4, -0.2) is 21.7 Å². The Hall–Kier alpha value is -4.32. The van der Waals surface area contributed by atoms with Crippen molar-refractivity contribution in [2.75, 3.05) is 4.90 Å². The smallest absolute Gasteiger partial charge is 0.321 e. The van der Waals surface area contributed by atoms with Crippen molar-refractivity contribution < 1.29 is 14.3 Å². The zero-order valence-corrected chi connectivity index (χ0v) is 16.4. The Morgan fingerprint density at radius 2 is 1.48 bits per heavy atom. The van der Waals surface area contributed by atoms with Gasteiger partial charge in [-0.3, -0.25) is 9.59 Å². The maximum atomic E-state index is 12.6. The highest BCUT2D eigenvalue weighted by Crippen LogP contribution is 2.34. The summed E-state index contributed by atoms with van der Waals surface area (Å²) in [4.78, 5) is 34.7. The Labute approximate surface area is 178 Å². The van der Waals surface area contributed by atoms with Gasteiger partial charge < -0.3 is 9.64 Å². The topological polar surface area (TPSA) is 72.4 Å². The molecule has 0 saturated carbocycles. The minimum Gasteiger partial charge on any atom is -0.424 e. The molecule has 1 aromatic heterocycles. The van der Waals surface area contributed by atoms with E-state index in [1.54, 1.807) is 36.7 Å². The van der Waals surface area contributed by atoms with Gasteiger partial charge in [0.25, 0.3) is 11.7 Å². The SMILES string of the molecule is O=C1C(=O)N(Cc2ccc(-c3ccccc3)cc2)c2ccc(Oc3ncccn3)cc21. The van der Waals surface area contributed by atoms with Gasteiger partial charge >= 0.3 is 6.01 Å². The first-order valence-electron chi connectivity index (χ1n) is 9.78. The molecule has 1 aliphatic heterocycles. The van der Waals surface area contributed by atoms with Crippen LogP contribution >= 0.6 is 0 Å². The molecule has 3 aromatic carbocycles. The van der Waals surface area contributed by atoms with E-state index in [1.807, 2.05) is 54.6 Å². The number of aromatic nitrogens is 2. The maximum Gasteiger partial charge on any atom is 0.321 e. The zero-order valence-electron chi connectivity index (χ0n) is 16.4. The molecule has 6 nitrogen and oxygen atoms in total. The lowest BCUT2D eigenvalue weighted by Crippen LogP contribution is -2.29. The van der Waals surface area contributed by atoms with E-state index in [2.05, 4.69) is 9.97 Å². The molecular weight excluding hydrogens is 390 g/mol. The first-order valence-corrected chi connectivity index (χ1v) is 9.78. The van der Waals surface area contributed by atoms with Crippen molar-refractivity contribution >= 4 is 17.4 Å². The molecule has 0 radical (unpaired) electrons. The molecular formula is C25H17N3O3. The number of benzene rings is 3. The minimum absolute atomic E-state index is 0.176. The van der Waals surface area contributed by atoms with E-state index in [9.17, 15) is 9.59 Å². The molecule has 1 amide bonds. The summed E-state index contributed by atoms with van der Waals surface area (Å²) in [6.07, 6.45) is 3.13. The summed E-state index contributed by atoms with van der Waals surface area (Å²) in [6, 6.07) is 24.9. The average Bonchev–Trinajstić information content (AvgIpc) is 3.05. The highest BCUT2D eigenvalue weighted by Gasteiger charge is 2.36. The van der Waals surface area contributed by atoms with Gasteiger partial charge in [-0.05, 0) is 41.0 Å². The molecule has 2 heterocycles. The third-order valence-corrected chi connectivity index (χ3v) is 5.10. The number of carbonyl (C=O) groups excluding carboxylic acids is 2. The maximum absolute atomic E-state index is 12.6. The summed E-state index contributed by atoms with van der Waals surface area (Å²) < 4.78 is 5.59. The molecule has 0 aliphatic carbocycles. The first kappa shape index (κ1) is 18.7. The van der Waals surface area contributed by atoms with Crippen molar-refractivity contribution in [1.29, 1.82) is 0 Å².